The van der Waals surface area contributed by atoms with Gasteiger partial charge in [0.1, 0.15) is 5.75 Å². The first-order chi connectivity index (χ1) is 11.5. The first-order valence-corrected chi connectivity index (χ1v) is 8.91. The number of ether oxygens (including phenoxy) is 1. The van der Waals surface area contributed by atoms with Gasteiger partial charge < -0.3 is 19.9 Å². The van der Waals surface area contributed by atoms with Crippen molar-refractivity contribution in [1.29, 1.82) is 0 Å². The van der Waals surface area contributed by atoms with Crippen molar-refractivity contribution in [2.24, 2.45) is 5.92 Å². The van der Waals surface area contributed by atoms with Gasteiger partial charge in [0.05, 0.1) is 6.61 Å². The number of amides is 2. The number of nitrogens with zero attached hydrogens (tertiary/aromatic N) is 2. The molecule has 1 aliphatic rings. The van der Waals surface area contributed by atoms with E-state index < -0.39 is 0 Å². The maximum absolute atomic E-state index is 12.1. The van der Waals surface area contributed by atoms with Crippen LogP contribution in [0.2, 0.25) is 0 Å². The highest BCUT2D eigenvalue weighted by Gasteiger charge is 2.18. The van der Waals surface area contributed by atoms with Crippen LogP contribution in [0.4, 0.5) is 4.79 Å². The Bertz CT molecular complexity index is 521. The first-order valence-electron chi connectivity index (χ1n) is 8.91. The van der Waals surface area contributed by atoms with Crippen LogP contribution in [0, 0.1) is 12.8 Å². The zero-order chi connectivity index (χ0) is 17.4. The van der Waals surface area contributed by atoms with Crippen molar-refractivity contribution < 1.29 is 9.53 Å². The summed E-state index contributed by atoms with van der Waals surface area (Å²) in [5, 5.41) is 3.06. The minimum Gasteiger partial charge on any atom is -0.494 e. The summed E-state index contributed by atoms with van der Waals surface area (Å²) in [5.74, 6) is 1.47. The van der Waals surface area contributed by atoms with Gasteiger partial charge in [-0.2, -0.15) is 0 Å². The minimum absolute atomic E-state index is 0.0128. The van der Waals surface area contributed by atoms with Crippen molar-refractivity contribution in [1.82, 2.24) is 15.1 Å². The molecule has 0 bridgehead atoms. The molecule has 1 fully saturated rings. The molecule has 24 heavy (non-hydrogen) atoms. The van der Waals surface area contributed by atoms with E-state index in [4.69, 9.17) is 4.74 Å². The average Bonchev–Trinajstić information content (AvgIpc) is 2.56. The molecule has 0 spiro atoms. The quantitative estimate of drug-likeness (QED) is 0.781. The standard InChI is InChI=1S/C19H31N3O2/c1-16-7-4-9-18(13-16)24-12-6-11-22(3)19(23)20-14-17-8-5-10-21(2)15-17/h4,7,9,13,17H,5-6,8,10-12,14-15H2,1-3H3,(H,20,23). The van der Waals surface area contributed by atoms with Crippen LogP contribution >= 0.6 is 0 Å². The van der Waals surface area contributed by atoms with E-state index in [2.05, 4.69) is 30.3 Å². The molecule has 0 saturated carbocycles. The zero-order valence-corrected chi connectivity index (χ0v) is 15.3. The van der Waals surface area contributed by atoms with Gasteiger partial charge in [-0.1, -0.05) is 12.1 Å². The lowest BCUT2D eigenvalue weighted by Crippen LogP contribution is -2.43. The second-order valence-electron chi connectivity index (χ2n) is 6.90. The maximum atomic E-state index is 12.1. The molecule has 1 N–H and O–H groups in total. The van der Waals surface area contributed by atoms with Crippen molar-refractivity contribution in [3.63, 3.8) is 0 Å². The van der Waals surface area contributed by atoms with Gasteiger partial charge in [0.2, 0.25) is 0 Å². The Morgan fingerprint density at radius 3 is 3.04 bits per heavy atom. The molecule has 1 aliphatic heterocycles. The zero-order valence-electron chi connectivity index (χ0n) is 15.3. The van der Waals surface area contributed by atoms with E-state index in [0.717, 1.165) is 25.3 Å². The van der Waals surface area contributed by atoms with E-state index in [1.54, 1.807) is 4.90 Å². The van der Waals surface area contributed by atoms with E-state index in [1.165, 1.54) is 24.9 Å². The van der Waals surface area contributed by atoms with E-state index in [-0.39, 0.29) is 6.03 Å². The molecule has 5 heteroatoms. The summed E-state index contributed by atoms with van der Waals surface area (Å²) in [7, 11) is 3.99. The summed E-state index contributed by atoms with van der Waals surface area (Å²) in [5.41, 5.74) is 1.19. The topological polar surface area (TPSA) is 44.8 Å². The lowest BCUT2D eigenvalue weighted by atomic mass is 9.99. The molecule has 2 rings (SSSR count). The molecule has 2 amide bonds. The van der Waals surface area contributed by atoms with Gasteiger partial charge in [-0.3, -0.25) is 0 Å². The summed E-state index contributed by atoms with van der Waals surface area (Å²) in [6.07, 6.45) is 3.26. The van der Waals surface area contributed by atoms with Gasteiger partial charge >= 0.3 is 6.03 Å². The highest BCUT2D eigenvalue weighted by atomic mass is 16.5. The van der Waals surface area contributed by atoms with Crippen LogP contribution in [0.25, 0.3) is 0 Å². The fourth-order valence-electron chi connectivity index (χ4n) is 3.10. The maximum Gasteiger partial charge on any atom is 0.317 e. The number of carbonyl (C=O) groups excluding carboxylic acids is 1. The lowest BCUT2D eigenvalue weighted by molar-refractivity contribution is 0.186. The summed E-state index contributed by atoms with van der Waals surface area (Å²) in [6, 6.07) is 8.04. The number of benzene rings is 1. The Kier molecular flexibility index (Phi) is 7.37. The smallest absolute Gasteiger partial charge is 0.317 e. The number of likely N-dealkylation sites (tertiary alicyclic amines) is 1. The summed E-state index contributed by atoms with van der Waals surface area (Å²) < 4.78 is 5.72. The van der Waals surface area contributed by atoms with Crippen LogP contribution in [0.3, 0.4) is 0 Å². The van der Waals surface area contributed by atoms with E-state index in [9.17, 15) is 4.79 Å². The van der Waals surface area contributed by atoms with Gasteiger partial charge in [-0.15, -0.1) is 0 Å². The number of urea groups is 1. The highest BCUT2D eigenvalue weighted by Crippen LogP contribution is 2.14. The third-order valence-electron chi connectivity index (χ3n) is 4.51. The molecule has 1 saturated heterocycles. The molecule has 1 unspecified atom stereocenters. The van der Waals surface area contributed by atoms with Crippen molar-refractivity contribution >= 4 is 6.03 Å². The normalized spacial score (nSPS) is 18.2. The molecule has 1 atom stereocenters. The van der Waals surface area contributed by atoms with E-state index >= 15 is 0 Å². The second-order valence-corrected chi connectivity index (χ2v) is 6.90. The molecule has 0 aromatic heterocycles. The van der Waals surface area contributed by atoms with Crippen LogP contribution in [0.5, 0.6) is 5.75 Å². The van der Waals surface area contributed by atoms with Gasteiger partial charge in [0, 0.05) is 26.7 Å². The fourth-order valence-corrected chi connectivity index (χ4v) is 3.10. The number of nitrogens with one attached hydrogen (secondary N) is 1. The SMILES string of the molecule is Cc1cccc(OCCCN(C)C(=O)NCC2CCCN(C)C2)c1. The van der Waals surface area contributed by atoms with Crippen molar-refractivity contribution in [3.05, 3.63) is 29.8 Å². The largest absolute Gasteiger partial charge is 0.494 e. The van der Waals surface area contributed by atoms with Crippen molar-refractivity contribution in [2.75, 3.05) is 46.9 Å². The number of aryl methyl sites for hydroxylation is 1. The molecule has 0 aliphatic carbocycles. The molecule has 1 heterocycles. The Labute approximate surface area is 146 Å². The minimum atomic E-state index is 0.0128. The second kappa shape index (κ2) is 9.52. The van der Waals surface area contributed by atoms with Gasteiger partial charge in [-0.05, 0) is 63.4 Å². The van der Waals surface area contributed by atoms with Gasteiger partial charge in [0.15, 0.2) is 0 Å². The lowest BCUT2D eigenvalue weighted by Gasteiger charge is -2.30. The number of carbonyl (C=O) groups is 1. The third-order valence-corrected chi connectivity index (χ3v) is 4.51. The molecule has 1 aromatic carbocycles. The van der Waals surface area contributed by atoms with Crippen LogP contribution in [-0.2, 0) is 0 Å². The Morgan fingerprint density at radius 2 is 2.29 bits per heavy atom. The number of hydrogen-bond acceptors (Lipinski definition) is 3. The van der Waals surface area contributed by atoms with Crippen molar-refractivity contribution in [3.8, 4) is 5.75 Å². The molecule has 1 aromatic rings. The third kappa shape index (κ3) is 6.40. The molecule has 0 radical (unpaired) electrons. The predicted molar refractivity (Wildman–Crippen MR) is 97.5 cm³/mol. The number of piperidine rings is 1. The van der Waals surface area contributed by atoms with Gasteiger partial charge in [-0.25, -0.2) is 4.79 Å². The average molecular weight is 333 g/mol. The van der Waals surface area contributed by atoms with Crippen molar-refractivity contribution in [2.45, 2.75) is 26.2 Å². The predicted octanol–water partition coefficient (Wildman–Crippen LogP) is 2.75. The molecular formula is C19H31N3O2. The molecule has 134 valence electrons. The number of hydrogen-bond donors (Lipinski definition) is 1. The highest BCUT2D eigenvalue weighted by molar-refractivity contribution is 5.73. The van der Waals surface area contributed by atoms with Crippen LogP contribution in [0.15, 0.2) is 24.3 Å². The fraction of sp³-hybridized carbons (Fsp3) is 0.632. The summed E-state index contributed by atoms with van der Waals surface area (Å²) >= 11 is 0. The van der Waals surface area contributed by atoms with Gasteiger partial charge in [0.25, 0.3) is 0 Å². The monoisotopic (exact) mass is 333 g/mol. The van der Waals surface area contributed by atoms with E-state index in [1.807, 2.05) is 25.2 Å². The Hall–Kier alpha value is -1.75. The van der Waals surface area contributed by atoms with Crippen LogP contribution in [0.1, 0.15) is 24.8 Å². The Morgan fingerprint density at radius 1 is 1.46 bits per heavy atom. The van der Waals surface area contributed by atoms with Crippen LogP contribution < -0.4 is 10.1 Å². The Balaban J connectivity index is 1.59. The van der Waals surface area contributed by atoms with Crippen LogP contribution in [-0.4, -0.2) is 62.7 Å². The molecule has 5 nitrogen and oxygen atoms in total. The van der Waals surface area contributed by atoms with E-state index in [0.29, 0.717) is 19.1 Å². The number of rotatable bonds is 7. The molecular weight excluding hydrogens is 302 g/mol. The summed E-state index contributed by atoms with van der Waals surface area (Å²) in [4.78, 5) is 16.2. The first kappa shape index (κ1) is 18.6. The summed E-state index contributed by atoms with van der Waals surface area (Å²) in [6.45, 7) is 6.39.